The van der Waals surface area contributed by atoms with E-state index in [9.17, 15) is 4.79 Å². The molecular weight excluding hydrogens is 300 g/mol. The Labute approximate surface area is 114 Å². The minimum Gasteiger partial charge on any atom is -0.399 e. The molecule has 3 nitrogen and oxygen atoms in total. The Hall–Kier alpha value is -0.680. The van der Waals surface area contributed by atoms with Gasteiger partial charge in [0.05, 0.1) is 0 Å². The molecule has 92 valence electrons. The molecule has 1 heterocycles. The van der Waals surface area contributed by atoms with Crippen molar-refractivity contribution in [1.82, 2.24) is 4.90 Å². The summed E-state index contributed by atoms with van der Waals surface area (Å²) in [7, 11) is 1.87. The predicted molar refractivity (Wildman–Crippen MR) is 76.4 cm³/mol. The van der Waals surface area contributed by atoms with Crippen LogP contribution in [-0.4, -0.2) is 35.4 Å². The number of carbonyl (C=O) groups is 1. The van der Waals surface area contributed by atoms with E-state index in [0.29, 0.717) is 17.3 Å². The molecule has 1 atom stereocenters. The average molecular weight is 315 g/mol. The van der Waals surface area contributed by atoms with Crippen molar-refractivity contribution in [2.75, 3.05) is 24.3 Å². The van der Waals surface area contributed by atoms with Gasteiger partial charge in [0.2, 0.25) is 0 Å². The van der Waals surface area contributed by atoms with E-state index in [1.54, 1.807) is 12.1 Å². The number of hydrogen-bond donors (Lipinski definition) is 1. The van der Waals surface area contributed by atoms with E-state index in [1.165, 1.54) is 0 Å². The van der Waals surface area contributed by atoms with Gasteiger partial charge in [0.25, 0.3) is 5.91 Å². The summed E-state index contributed by atoms with van der Waals surface area (Å²) in [5.74, 6) is 2.22. The normalized spacial score (nSPS) is 19.3. The summed E-state index contributed by atoms with van der Waals surface area (Å²) < 4.78 is 0.843. The molecule has 0 aromatic heterocycles. The molecule has 5 heteroatoms. The maximum Gasteiger partial charge on any atom is 0.253 e. The summed E-state index contributed by atoms with van der Waals surface area (Å²) in [5, 5.41) is 0. The van der Waals surface area contributed by atoms with E-state index in [1.807, 2.05) is 29.8 Å². The summed E-state index contributed by atoms with van der Waals surface area (Å²) in [6, 6.07) is 5.69. The van der Waals surface area contributed by atoms with Crippen molar-refractivity contribution < 1.29 is 4.79 Å². The van der Waals surface area contributed by atoms with E-state index in [-0.39, 0.29) is 5.91 Å². The molecule has 1 aromatic carbocycles. The molecule has 2 N–H and O–H groups in total. The first kappa shape index (κ1) is 12.8. The predicted octanol–water partition coefficient (Wildman–Crippen LogP) is 2.61. The van der Waals surface area contributed by atoms with Crippen LogP contribution in [0, 0.1) is 0 Å². The summed E-state index contributed by atoms with van der Waals surface area (Å²) in [5.41, 5.74) is 7.00. The highest BCUT2D eigenvalue weighted by Crippen LogP contribution is 2.24. The van der Waals surface area contributed by atoms with Crippen molar-refractivity contribution in [3.8, 4) is 0 Å². The molecule has 0 radical (unpaired) electrons. The summed E-state index contributed by atoms with van der Waals surface area (Å²) in [6.07, 6.45) is 1.08. The number of thioether (sulfide) groups is 1. The number of rotatable bonds is 2. The van der Waals surface area contributed by atoms with Gasteiger partial charge >= 0.3 is 0 Å². The zero-order valence-corrected chi connectivity index (χ0v) is 12.1. The Balaban J connectivity index is 2.17. The van der Waals surface area contributed by atoms with Crippen LogP contribution in [0.25, 0.3) is 0 Å². The molecule has 1 unspecified atom stereocenters. The third-order valence-electron chi connectivity index (χ3n) is 2.94. The zero-order chi connectivity index (χ0) is 12.4. The number of anilines is 1. The maximum atomic E-state index is 12.3. The van der Waals surface area contributed by atoms with E-state index < -0.39 is 0 Å². The van der Waals surface area contributed by atoms with Crippen molar-refractivity contribution in [3.63, 3.8) is 0 Å². The standard InChI is InChI=1S/C12H15BrN2OS/c1-15(11-2-3-17-7-11)12(16)8-4-9(13)6-10(14)5-8/h4-6,11H,2-3,7,14H2,1H3. The van der Waals surface area contributed by atoms with Gasteiger partial charge in [-0.25, -0.2) is 0 Å². The molecule has 1 saturated heterocycles. The van der Waals surface area contributed by atoms with E-state index in [2.05, 4.69) is 15.9 Å². The van der Waals surface area contributed by atoms with Crippen molar-refractivity contribution in [1.29, 1.82) is 0 Å². The number of halogens is 1. The second-order valence-corrected chi connectivity index (χ2v) is 6.27. The fourth-order valence-corrected chi connectivity index (χ4v) is 3.71. The number of carbonyl (C=O) groups excluding carboxylic acids is 1. The minimum atomic E-state index is 0.0468. The van der Waals surface area contributed by atoms with Crippen molar-refractivity contribution in [2.24, 2.45) is 0 Å². The lowest BCUT2D eigenvalue weighted by atomic mass is 10.1. The van der Waals surface area contributed by atoms with Gasteiger partial charge in [0.1, 0.15) is 0 Å². The van der Waals surface area contributed by atoms with Gasteiger partial charge in [-0.05, 0) is 30.4 Å². The van der Waals surface area contributed by atoms with Gasteiger partial charge in [0.15, 0.2) is 0 Å². The van der Waals surface area contributed by atoms with Crippen molar-refractivity contribution in [2.45, 2.75) is 12.5 Å². The van der Waals surface area contributed by atoms with Gasteiger partial charge in [-0.3, -0.25) is 4.79 Å². The number of hydrogen-bond acceptors (Lipinski definition) is 3. The minimum absolute atomic E-state index is 0.0468. The molecule has 0 saturated carbocycles. The van der Waals surface area contributed by atoms with Crippen molar-refractivity contribution in [3.05, 3.63) is 28.2 Å². The van der Waals surface area contributed by atoms with Crippen LogP contribution in [0.4, 0.5) is 5.69 Å². The highest BCUT2D eigenvalue weighted by Gasteiger charge is 2.24. The zero-order valence-electron chi connectivity index (χ0n) is 9.65. The largest absolute Gasteiger partial charge is 0.399 e. The van der Waals surface area contributed by atoms with Crippen LogP contribution in [-0.2, 0) is 0 Å². The molecule has 1 fully saturated rings. The molecule has 0 bridgehead atoms. The molecule has 0 spiro atoms. The highest BCUT2D eigenvalue weighted by molar-refractivity contribution is 9.10. The molecule has 1 aliphatic rings. The third-order valence-corrected chi connectivity index (χ3v) is 4.54. The Bertz CT molecular complexity index is 412. The van der Waals surface area contributed by atoms with Gasteiger partial charge in [-0.15, -0.1) is 0 Å². The molecule has 0 aliphatic carbocycles. The Morgan fingerprint density at radius 3 is 2.88 bits per heavy atom. The second-order valence-electron chi connectivity index (χ2n) is 4.21. The van der Waals surface area contributed by atoms with Crippen LogP contribution in [0.2, 0.25) is 0 Å². The first-order chi connectivity index (χ1) is 8.08. The Kier molecular flexibility index (Phi) is 3.99. The van der Waals surface area contributed by atoms with Crippen LogP contribution in [0.5, 0.6) is 0 Å². The van der Waals surface area contributed by atoms with Gasteiger partial charge < -0.3 is 10.6 Å². The lowest BCUT2D eigenvalue weighted by molar-refractivity contribution is 0.0748. The van der Waals surface area contributed by atoms with Crippen LogP contribution >= 0.6 is 27.7 Å². The Morgan fingerprint density at radius 1 is 1.53 bits per heavy atom. The van der Waals surface area contributed by atoms with Gasteiger partial charge in [0, 0.05) is 34.6 Å². The molecule has 17 heavy (non-hydrogen) atoms. The number of amides is 1. The number of nitrogens with two attached hydrogens (primary N) is 1. The van der Waals surface area contributed by atoms with Crippen LogP contribution in [0.1, 0.15) is 16.8 Å². The SMILES string of the molecule is CN(C(=O)c1cc(N)cc(Br)c1)C1CCSC1. The number of nitrogens with zero attached hydrogens (tertiary/aromatic N) is 1. The van der Waals surface area contributed by atoms with Crippen LogP contribution in [0.15, 0.2) is 22.7 Å². The molecule has 1 aromatic rings. The first-order valence-electron chi connectivity index (χ1n) is 5.49. The van der Waals surface area contributed by atoms with Crippen molar-refractivity contribution >= 4 is 39.3 Å². The van der Waals surface area contributed by atoms with Crippen LogP contribution < -0.4 is 5.73 Å². The molecule has 1 aliphatic heterocycles. The Morgan fingerprint density at radius 2 is 2.29 bits per heavy atom. The molecular formula is C12H15BrN2OS. The highest BCUT2D eigenvalue weighted by atomic mass is 79.9. The topological polar surface area (TPSA) is 46.3 Å². The quantitative estimate of drug-likeness (QED) is 0.854. The van der Waals surface area contributed by atoms with E-state index in [0.717, 1.165) is 22.4 Å². The second kappa shape index (κ2) is 5.31. The third kappa shape index (κ3) is 2.96. The average Bonchev–Trinajstić information content (AvgIpc) is 2.79. The van der Waals surface area contributed by atoms with E-state index in [4.69, 9.17) is 5.73 Å². The fraction of sp³-hybridized carbons (Fsp3) is 0.417. The first-order valence-corrected chi connectivity index (χ1v) is 7.43. The molecule has 1 amide bonds. The number of benzene rings is 1. The van der Waals surface area contributed by atoms with E-state index >= 15 is 0 Å². The monoisotopic (exact) mass is 314 g/mol. The van der Waals surface area contributed by atoms with Gasteiger partial charge in [-0.2, -0.15) is 11.8 Å². The smallest absolute Gasteiger partial charge is 0.253 e. The summed E-state index contributed by atoms with van der Waals surface area (Å²) in [6.45, 7) is 0. The summed E-state index contributed by atoms with van der Waals surface area (Å²) in [4.78, 5) is 14.1. The maximum absolute atomic E-state index is 12.3. The number of nitrogen functional groups attached to an aromatic ring is 1. The van der Waals surface area contributed by atoms with Crippen LogP contribution in [0.3, 0.4) is 0 Å². The lowest BCUT2D eigenvalue weighted by Gasteiger charge is -2.24. The molecule has 2 rings (SSSR count). The van der Waals surface area contributed by atoms with Gasteiger partial charge in [-0.1, -0.05) is 15.9 Å². The fourth-order valence-electron chi connectivity index (χ4n) is 1.93. The lowest BCUT2D eigenvalue weighted by Crippen LogP contribution is -2.37. The summed E-state index contributed by atoms with van der Waals surface area (Å²) >= 11 is 5.26.